The van der Waals surface area contributed by atoms with Gasteiger partial charge in [-0.3, -0.25) is 28.6 Å². The minimum Gasteiger partial charge on any atom is -0.425 e. The highest BCUT2D eigenvalue weighted by Crippen LogP contribution is 2.28. The summed E-state index contributed by atoms with van der Waals surface area (Å²) in [5, 5.41) is 11.0. The van der Waals surface area contributed by atoms with Gasteiger partial charge in [0.25, 0.3) is 11.2 Å². The third-order valence-electron chi connectivity index (χ3n) is 5.73. The smallest absolute Gasteiger partial charge is 0.332 e. The van der Waals surface area contributed by atoms with Gasteiger partial charge in [0.05, 0.1) is 11.5 Å². The zero-order valence-corrected chi connectivity index (χ0v) is 19.6. The molecule has 0 aliphatic carbocycles. The van der Waals surface area contributed by atoms with Crippen molar-refractivity contribution in [1.29, 1.82) is 0 Å². The molecule has 0 bridgehead atoms. The molecule has 0 saturated heterocycles. The van der Waals surface area contributed by atoms with Crippen LogP contribution >= 0.6 is 0 Å². The Balaban J connectivity index is 1.84. The van der Waals surface area contributed by atoms with Crippen LogP contribution in [-0.2, 0) is 26.1 Å². The van der Waals surface area contributed by atoms with E-state index in [4.69, 9.17) is 4.74 Å². The molecule has 10 heteroatoms. The van der Waals surface area contributed by atoms with E-state index in [2.05, 4.69) is 25.8 Å². The van der Waals surface area contributed by atoms with Gasteiger partial charge in [-0.15, -0.1) is 0 Å². The van der Waals surface area contributed by atoms with Crippen molar-refractivity contribution in [1.82, 2.24) is 18.7 Å². The molecular formula is C24H25N5O5. The average molecular weight is 463 g/mol. The lowest BCUT2D eigenvalue weighted by Crippen LogP contribution is -2.37. The highest BCUT2D eigenvalue weighted by molar-refractivity contribution is 5.72. The monoisotopic (exact) mass is 463 g/mol. The van der Waals surface area contributed by atoms with Crippen molar-refractivity contribution in [2.45, 2.75) is 32.7 Å². The molecule has 176 valence electrons. The van der Waals surface area contributed by atoms with Crippen molar-refractivity contribution in [3.63, 3.8) is 0 Å². The highest BCUT2D eigenvalue weighted by Gasteiger charge is 2.21. The number of nitro groups is 1. The maximum Gasteiger partial charge on any atom is 0.332 e. The van der Waals surface area contributed by atoms with E-state index in [1.165, 1.54) is 30.8 Å². The first kappa shape index (κ1) is 23.0. The molecule has 0 aliphatic rings. The van der Waals surface area contributed by atoms with Gasteiger partial charge in [0, 0.05) is 26.2 Å². The van der Waals surface area contributed by atoms with E-state index < -0.39 is 16.2 Å². The van der Waals surface area contributed by atoms with Gasteiger partial charge < -0.3 is 4.74 Å². The Morgan fingerprint density at radius 1 is 0.971 bits per heavy atom. The van der Waals surface area contributed by atoms with Crippen LogP contribution in [0.5, 0.6) is 11.8 Å². The normalized spacial score (nSPS) is 11.7. The third-order valence-corrected chi connectivity index (χ3v) is 5.73. The number of aryl methyl sites for hydroxylation is 1. The maximum absolute atomic E-state index is 13.0. The van der Waals surface area contributed by atoms with E-state index in [0.717, 1.165) is 10.1 Å². The Hall–Kier alpha value is -4.21. The van der Waals surface area contributed by atoms with Crippen LogP contribution < -0.4 is 16.0 Å². The first-order valence-corrected chi connectivity index (χ1v) is 10.7. The molecule has 4 rings (SSSR count). The molecule has 0 amide bonds. The summed E-state index contributed by atoms with van der Waals surface area (Å²) >= 11 is 0. The molecule has 0 unspecified atom stereocenters. The number of benzene rings is 2. The number of aromatic nitrogens is 4. The molecule has 34 heavy (non-hydrogen) atoms. The first-order chi connectivity index (χ1) is 16.0. The van der Waals surface area contributed by atoms with Crippen molar-refractivity contribution in [2.75, 3.05) is 0 Å². The van der Waals surface area contributed by atoms with E-state index >= 15 is 0 Å². The van der Waals surface area contributed by atoms with Gasteiger partial charge in [-0.05, 0) is 28.7 Å². The molecule has 2 aromatic carbocycles. The largest absolute Gasteiger partial charge is 0.425 e. The number of ether oxygens (including phenoxy) is 1. The lowest BCUT2D eigenvalue weighted by Gasteiger charge is -2.19. The molecule has 10 nitrogen and oxygen atoms in total. The molecule has 4 aromatic rings. The van der Waals surface area contributed by atoms with Crippen LogP contribution in [0.4, 0.5) is 5.69 Å². The molecule has 0 atom stereocenters. The Bertz CT molecular complexity index is 1500. The molecular weight excluding hydrogens is 438 g/mol. The summed E-state index contributed by atoms with van der Waals surface area (Å²) in [5.74, 6) is 0.523. The Kier molecular flexibility index (Phi) is 5.60. The quantitative estimate of drug-likeness (QED) is 0.331. The fourth-order valence-corrected chi connectivity index (χ4v) is 3.69. The van der Waals surface area contributed by atoms with Gasteiger partial charge >= 0.3 is 11.7 Å². The summed E-state index contributed by atoms with van der Waals surface area (Å²) in [5.41, 5.74) is 1.16. The van der Waals surface area contributed by atoms with Crippen LogP contribution in [0, 0.1) is 10.1 Å². The molecule has 0 aliphatic heterocycles. The fraction of sp³-hybridized carbons (Fsp3) is 0.292. The van der Waals surface area contributed by atoms with Crippen LogP contribution in [0.1, 0.15) is 31.9 Å². The Labute approximate surface area is 194 Å². The van der Waals surface area contributed by atoms with Crippen LogP contribution in [0.15, 0.2) is 58.1 Å². The second kappa shape index (κ2) is 8.29. The van der Waals surface area contributed by atoms with Crippen LogP contribution in [-0.4, -0.2) is 23.6 Å². The highest BCUT2D eigenvalue weighted by atomic mass is 16.6. The van der Waals surface area contributed by atoms with Crippen LogP contribution in [0.25, 0.3) is 11.2 Å². The van der Waals surface area contributed by atoms with E-state index in [-0.39, 0.29) is 34.8 Å². The van der Waals surface area contributed by atoms with Gasteiger partial charge in [-0.2, -0.15) is 4.98 Å². The summed E-state index contributed by atoms with van der Waals surface area (Å²) in [6.45, 7) is 6.51. The predicted octanol–water partition coefficient (Wildman–Crippen LogP) is 3.48. The third kappa shape index (κ3) is 4.09. The molecule has 2 heterocycles. The summed E-state index contributed by atoms with van der Waals surface area (Å²) < 4.78 is 9.95. The zero-order valence-electron chi connectivity index (χ0n) is 19.6. The van der Waals surface area contributed by atoms with Gasteiger partial charge in [-0.1, -0.05) is 45.0 Å². The number of hydrogen-bond donors (Lipinski definition) is 0. The standard InChI is InChI=1S/C24H25N5O5/c1-24(2,3)16-8-12-18(13-9-16)34-22-25-20-19(21(30)27(5)23(31)26(20)4)28(22)14-15-6-10-17(11-7-15)29(32)33/h6-13H,14H2,1-5H3. The topological polar surface area (TPSA) is 114 Å². The number of non-ortho nitro benzene ring substituents is 1. The van der Waals surface area contributed by atoms with Crippen molar-refractivity contribution < 1.29 is 9.66 Å². The number of hydrogen-bond acceptors (Lipinski definition) is 6. The lowest BCUT2D eigenvalue weighted by atomic mass is 9.87. The molecule has 2 aromatic heterocycles. The number of rotatable bonds is 5. The summed E-state index contributed by atoms with van der Waals surface area (Å²) in [4.78, 5) is 40.4. The lowest BCUT2D eigenvalue weighted by molar-refractivity contribution is -0.384. The maximum atomic E-state index is 13.0. The van der Waals surface area contributed by atoms with Gasteiger partial charge in [0.1, 0.15) is 5.75 Å². The summed E-state index contributed by atoms with van der Waals surface area (Å²) in [7, 11) is 2.94. The van der Waals surface area contributed by atoms with E-state index in [9.17, 15) is 19.7 Å². The molecule has 0 N–H and O–H groups in total. The second-order valence-electron chi connectivity index (χ2n) is 9.16. The van der Waals surface area contributed by atoms with Crippen LogP contribution in [0.3, 0.4) is 0 Å². The molecule has 0 spiro atoms. The van der Waals surface area contributed by atoms with Gasteiger partial charge in [0.15, 0.2) is 11.2 Å². The van der Waals surface area contributed by atoms with Crippen LogP contribution in [0.2, 0.25) is 0 Å². The summed E-state index contributed by atoms with van der Waals surface area (Å²) in [6, 6.07) is 13.7. The minimum atomic E-state index is -0.509. The van der Waals surface area contributed by atoms with Crippen molar-refractivity contribution in [2.24, 2.45) is 14.1 Å². The van der Waals surface area contributed by atoms with Gasteiger partial charge in [0.2, 0.25) is 0 Å². The van der Waals surface area contributed by atoms with E-state index in [0.29, 0.717) is 11.3 Å². The Morgan fingerprint density at radius 3 is 2.15 bits per heavy atom. The average Bonchev–Trinajstić information content (AvgIpc) is 3.14. The first-order valence-electron chi connectivity index (χ1n) is 10.7. The van der Waals surface area contributed by atoms with E-state index in [1.54, 1.807) is 16.7 Å². The zero-order chi connectivity index (χ0) is 24.8. The van der Waals surface area contributed by atoms with E-state index in [1.807, 2.05) is 24.3 Å². The Morgan fingerprint density at radius 2 is 1.59 bits per heavy atom. The minimum absolute atomic E-state index is 0.0217. The number of nitrogens with zero attached hydrogens (tertiary/aromatic N) is 5. The number of nitro benzene ring substituents is 1. The number of imidazole rings is 1. The molecule has 0 saturated carbocycles. The van der Waals surface area contributed by atoms with Crippen molar-refractivity contribution >= 4 is 16.9 Å². The SMILES string of the molecule is Cn1c(=O)c2c(nc(Oc3ccc(C(C)(C)C)cc3)n2Cc2ccc([N+](=O)[O-])cc2)n(C)c1=O. The van der Waals surface area contributed by atoms with Crippen molar-refractivity contribution in [3.8, 4) is 11.8 Å². The fourth-order valence-electron chi connectivity index (χ4n) is 3.69. The predicted molar refractivity (Wildman–Crippen MR) is 128 cm³/mol. The van der Waals surface area contributed by atoms with Gasteiger partial charge in [-0.25, -0.2) is 4.79 Å². The molecule has 0 fully saturated rings. The summed E-state index contributed by atoms with van der Waals surface area (Å²) in [6.07, 6.45) is 0. The molecule has 0 radical (unpaired) electrons. The van der Waals surface area contributed by atoms with Crippen molar-refractivity contribution in [3.05, 3.63) is 90.6 Å². The second-order valence-corrected chi connectivity index (χ2v) is 9.16. The number of fused-ring (bicyclic) bond motifs is 1.